The van der Waals surface area contributed by atoms with Crippen LogP contribution in [0.25, 0.3) is 0 Å². The number of nitrogens with zero attached hydrogens (tertiary/aromatic N) is 2. The van der Waals surface area contributed by atoms with Gasteiger partial charge in [0.2, 0.25) is 0 Å². The number of carbonyl (C=O) groups excluding carboxylic acids is 2. The second-order valence-electron chi connectivity index (χ2n) is 9.58. The van der Waals surface area contributed by atoms with Crippen molar-refractivity contribution >= 4 is 23.2 Å². The number of hydrogen-bond acceptors (Lipinski definition) is 4. The fraction of sp³-hybridized carbons (Fsp3) is 0.269. The van der Waals surface area contributed by atoms with Crippen molar-refractivity contribution in [3.63, 3.8) is 0 Å². The molecule has 5 rings (SSSR count). The van der Waals surface area contributed by atoms with Crippen molar-refractivity contribution in [2.24, 2.45) is 5.41 Å². The minimum absolute atomic E-state index is 0.0369. The lowest BCUT2D eigenvalue weighted by atomic mass is 9.73. The van der Waals surface area contributed by atoms with Crippen molar-refractivity contribution < 1.29 is 14.0 Å². The van der Waals surface area contributed by atoms with Gasteiger partial charge in [0.15, 0.2) is 5.78 Å². The molecule has 0 radical (unpaired) electrons. The maximum atomic E-state index is 13.6. The van der Waals surface area contributed by atoms with E-state index >= 15 is 0 Å². The first-order valence-corrected chi connectivity index (χ1v) is 11.0. The van der Waals surface area contributed by atoms with Crippen LogP contribution in [0.2, 0.25) is 0 Å². The van der Waals surface area contributed by atoms with Crippen molar-refractivity contribution in [2.45, 2.75) is 39.7 Å². The van der Waals surface area contributed by atoms with Gasteiger partial charge in [-0.25, -0.2) is 9.07 Å². The molecule has 3 aromatic rings. The molecular formula is C26H25FN4O2. The smallest absolute Gasteiger partial charge is 0.261 e. The van der Waals surface area contributed by atoms with E-state index in [2.05, 4.69) is 29.6 Å². The van der Waals surface area contributed by atoms with E-state index in [0.717, 1.165) is 16.8 Å². The van der Waals surface area contributed by atoms with E-state index in [0.29, 0.717) is 35.5 Å². The van der Waals surface area contributed by atoms with Crippen molar-refractivity contribution in [1.29, 1.82) is 0 Å². The van der Waals surface area contributed by atoms with Crippen molar-refractivity contribution in [3.8, 4) is 0 Å². The average molecular weight is 445 g/mol. The maximum Gasteiger partial charge on any atom is 0.261 e. The Hall–Kier alpha value is -3.74. The van der Waals surface area contributed by atoms with Gasteiger partial charge in [-0.2, -0.15) is 5.10 Å². The van der Waals surface area contributed by atoms with Crippen molar-refractivity contribution in [1.82, 2.24) is 9.78 Å². The number of Topliss-reactive ketones (excluding diaryl/α,β-unsaturated/α-hetero) is 1. The summed E-state index contributed by atoms with van der Waals surface area (Å²) >= 11 is 0. The van der Waals surface area contributed by atoms with E-state index in [1.54, 1.807) is 16.8 Å². The van der Waals surface area contributed by atoms with Crippen LogP contribution in [0.15, 0.2) is 66.0 Å². The van der Waals surface area contributed by atoms with Gasteiger partial charge in [-0.15, -0.1) is 0 Å². The van der Waals surface area contributed by atoms with E-state index in [4.69, 9.17) is 0 Å². The summed E-state index contributed by atoms with van der Waals surface area (Å²) in [7, 11) is 0. The molecule has 33 heavy (non-hydrogen) atoms. The highest BCUT2D eigenvalue weighted by Gasteiger charge is 2.42. The fourth-order valence-corrected chi connectivity index (χ4v) is 4.67. The number of benzene rings is 2. The molecule has 0 saturated carbocycles. The Kier molecular flexibility index (Phi) is 4.92. The zero-order valence-electron chi connectivity index (χ0n) is 18.8. The third kappa shape index (κ3) is 3.84. The zero-order valence-corrected chi connectivity index (χ0v) is 18.8. The van der Waals surface area contributed by atoms with Crippen LogP contribution in [-0.4, -0.2) is 21.5 Å². The molecule has 2 aliphatic rings. The summed E-state index contributed by atoms with van der Waals surface area (Å²) < 4.78 is 15.3. The third-order valence-corrected chi connectivity index (χ3v) is 6.24. The molecule has 168 valence electrons. The highest BCUT2D eigenvalue weighted by Crippen LogP contribution is 2.46. The Labute approximate surface area is 191 Å². The number of nitrogens with one attached hydrogen (secondary N) is 2. The molecule has 6 nitrogen and oxygen atoms in total. The number of aromatic nitrogens is 2. The van der Waals surface area contributed by atoms with Crippen LogP contribution in [-0.2, 0) is 4.79 Å². The number of rotatable bonds is 3. The highest BCUT2D eigenvalue weighted by molar-refractivity contribution is 6.08. The van der Waals surface area contributed by atoms with Crippen LogP contribution in [0.5, 0.6) is 0 Å². The predicted octanol–water partition coefficient (Wildman–Crippen LogP) is 5.24. The molecule has 0 fully saturated rings. The number of ketones is 1. The molecular weight excluding hydrogens is 419 g/mol. The summed E-state index contributed by atoms with van der Waals surface area (Å²) in [6, 6.07) is 13.1. The Balaban J connectivity index is 1.58. The maximum absolute atomic E-state index is 13.6. The van der Waals surface area contributed by atoms with E-state index in [1.807, 2.05) is 31.2 Å². The van der Waals surface area contributed by atoms with E-state index in [-0.39, 0.29) is 22.9 Å². The number of amides is 1. The first-order chi connectivity index (χ1) is 15.7. The molecule has 0 unspecified atom stereocenters. The molecule has 1 amide bonds. The zero-order chi connectivity index (χ0) is 23.3. The Morgan fingerprint density at radius 1 is 1.12 bits per heavy atom. The number of allylic oxidation sites excluding steroid dienone is 2. The van der Waals surface area contributed by atoms with E-state index in [9.17, 15) is 14.0 Å². The molecule has 1 aliphatic carbocycles. The SMILES string of the molecule is Cc1ccc(NC(=O)c2cnn3c2NC2=C(C(=O)CC(C)(C)C2)[C@H]3c2ccc(F)cc2)cc1. The summed E-state index contributed by atoms with van der Waals surface area (Å²) in [5.74, 6) is -0.0826. The molecule has 2 N–H and O–H groups in total. The van der Waals surface area contributed by atoms with E-state index < -0.39 is 6.04 Å². The number of hydrogen-bond donors (Lipinski definition) is 2. The molecule has 0 bridgehead atoms. The largest absolute Gasteiger partial charge is 0.343 e. The van der Waals surface area contributed by atoms with Gasteiger partial charge in [0.1, 0.15) is 23.2 Å². The lowest BCUT2D eigenvalue weighted by Gasteiger charge is -2.39. The van der Waals surface area contributed by atoms with Gasteiger partial charge >= 0.3 is 0 Å². The van der Waals surface area contributed by atoms with Crippen LogP contribution in [0.4, 0.5) is 15.9 Å². The molecule has 0 saturated heterocycles. The molecule has 1 atom stereocenters. The number of anilines is 2. The van der Waals surface area contributed by atoms with Gasteiger partial charge in [0.05, 0.1) is 6.20 Å². The highest BCUT2D eigenvalue weighted by atomic mass is 19.1. The minimum atomic E-state index is -0.527. The van der Waals surface area contributed by atoms with Crippen molar-refractivity contribution in [2.75, 3.05) is 10.6 Å². The monoisotopic (exact) mass is 444 g/mol. The number of halogens is 1. The fourth-order valence-electron chi connectivity index (χ4n) is 4.67. The lowest BCUT2D eigenvalue weighted by molar-refractivity contribution is -0.118. The molecule has 2 heterocycles. The molecule has 7 heteroatoms. The Bertz CT molecular complexity index is 1290. The van der Waals surface area contributed by atoms with Crippen LogP contribution >= 0.6 is 0 Å². The standard InChI is InChI=1S/C26H25FN4O2/c1-15-4-10-18(11-5-15)29-25(33)19-14-28-31-23(16-6-8-17(27)9-7-16)22-20(30-24(19)31)12-26(2,3)13-21(22)32/h4-11,14,23,30H,12-13H2,1-3H3,(H,29,33)/t23-/m1/s1. The van der Waals surface area contributed by atoms with Crippen LogP contribution < -0.4 is 10.6 Å². The predicted molar refractivity (Wildman–Crippen MR) is 125 cm³/mol. The number of aryl methyl sites for hydroxylation is 1. The van der Waals surface area contributed by atoms with E-state index in [1.165, 1.54) is 18.3 Å². The lowest BCUT2D eigenvalue weighted by Crippen LogP contribution is -2.37. The Morgan fingerprint density at radius 3 is 2.52 bits per heavy atom. The topological polar surface area (TPSA) is 76.0 Å². The first-order valence-electron chi connectivity index (χ1n) is 11.0. The van der Waals surface area contributed by atoms with Gasteiger partial charge in [0.25, 0.3) is 5.91 Å². The number of fused-ring (bicyclic) bond motifs is 1. The summed E-state index contributed by atoms with van der Waals surface area (Å²) in [4.78, 5) is 26.4. The quantitative estimate of drug-likeness (QED) is 0.579. The van der Waals surface area contributed by atoms with Gasteiger partial charge in [0, 0.05) is 23.4 Å². The van der Waals surface area contributed by atoms with Crippen LogP contribution in [0.1, 0.15) is 54.2 Å². The normalized spacial score (nSPS) is 18.9. The third-order valence-electron chi connectivity index (χ3n) is 6.24. The summed E-state index contributed by atoms with van der Waals surface area (Å²) in [5, 5.41) is 10.7. The van der Waals surface area contributed by atoms with Gasteiger partial charge < -0.3 is 10.6 Å². The summed E-state index contributed by atoms with van der Waals surface area (Å²) in [6.45, 7) is 6.10. The first kappa shape index (κ1) is 21.1. The minimum Gasteiger partial charge on any atom is -0.343 e. The molecule has 1 aliphatic heterocycles. The average Bonchev–Trinajstić information content (AvgIpc) is 3.17. The number of carbonyl (C=O) groups is 2. The second-order valence-corrected chi connectivity index (χ2v) is 9.58. The van der Waals surface area contributed by atoms with Gasteiger partial charge in [-0.05, 0) is 48.6 Å². The Morgan fingerprint density at radius 2 is 1.82 bits per heavy atom. The van der Waals surface area contributed by atoms with Gasteiger partial charge in [-0.1, -0.05) is 43.7 Å². The van der Waals surface area contributed by atoms with Gasteiger partial charge in [-0.3, -0.25) is 9.59 Å². The van der Waals surface area contributed by atoms with Crippen LogP contribution in [0.3, 0.4) is 0 Å². The summed E-state index contributed by atoms with van der Waals surface area (Å²) in [6.07, 6.45) is 2.59. The summed E-state index contributed by atoms with van der Waals surface area (Å²) in [5.41, 5.74) is 4.13. The molecule has 2 aromatic carbocycles. The molecule has 0 spiro atoms. The second kappa shape index (κ2) is 7.69. The van der Waals surface area contributed by atoms with Crippen LogP contribution in [0, 0.1) is 18.2 Å². The molecule has 1 aromatic heterocycles. The van der Waals surface area contributed by atoms with Crippen molar-refractivity contribution in [3.05, 3.63) is 88.5 Å².